The van der Waals surface area contributed by atoms with Gasteiger partial charge in [-0.1, -0.05) is 23.2 Å². The predicted molar refractivity (Wildman–Crippen MR) is 117 cm³/mol. The summed E-state index contributed by atoms with van der Waals surface area (Å²) in [5.74, 6) is -0.0818. The lowest BCUT2D eigenvalue weighted by molar-refractivity contribution is -0.126. The standard InChI is InChI=1S/C20H21Cl2N3O6/c1-10(26)17(25-24-12-6-7-14(28-2)19(31-5)16(12)22)20(27)23-13-8-11(21)9-15(29-3)18(13)30-4/h6-9,17H,1-5H3,(H,23,27). The number of carbonyl (C=O) groups is 2. The van der Waals surface area contributed by atoms with Crippen molar-refractivity contribution in [1.29, 1.82) is 0 Å². The first kappa shape index (κ1) is 24.2. The van der Waals surface area contributed by atoms with Crippen molar-refractivity contribution in [1.82, 2.24) is 0 Å². The third-order valence-electron chi connectivity index (χ3n) is 4.08. The van der Waals surface area contributed by atoms with Crippen LogP contribution in [0.2, 0.25) is 10.0 Å². The molecule has 2 rings (SSSR count). The molecule has 1 atom stereocenters. The van der Waals surface area contributed by atoms with E-state index in [0.717, 1.165) is 0 Å². The fourth-order valence-electron chi connectivity index (χ4n) is 2.62. The van der Waals surface area contributed by atoms with Crippen molar-refractivity contribution in [2.45, 2.75) is 13.0 Å². The predicted octanol–water partition coefficient (Wildman–Crippen LogP) is 4.71. The molecule has 0 bridgehead atoms. The van der Waals surface area contributed by atoms with Gasteiger partial charge in [0.25, 0.3) is 5.91 Å². The van der Waals surface area contributed by atoms with Crippen LogP contribution < -0.4 is 24.3 Å². The molecule has 0 heterocycles. The highest BCUT2D eigenvalue weighted by Gasteiger charge is 2.25. The summed E-state index contributed by atoms with van der Waals surface area (Å²) in [5, 5.41) is 10.8. The lowest BCUT2D eigenvalue weighted by Gasteiger charge is -2.15. The Kier molecular flexibility index (Phi) is 8.47. The van der Waals surface area contributed by atoms with E-state index in [2.05, 4.69) is 15.5 Å². The number of Topliss-reactive ketones (excluding diaryl/α,β-unsaturated/α-hetero) is 1. The monoisotopic (exact) mass is 469 g/mol. The summed E-state index contributed by atoms with van der Waals surface area (Å²) in [4.78, 5) is 24.8. The number of amides is 1. The minimum atomic E-state index is -1.45. The zero-order chi connectivity index (χ0) is 23.1. The molecule has 0 fully saturated rings. The SMILES string of the molecule is COc1cc(Cl)cc(NC(=O)C(N=Nc2ccc(OC)c(OC)c2Cl)C(C)=O)c1OC. The van der Waals surface area contributed by atoms with E-state index in [9.17, 15) is 9.59 Å². The number of nitrogens with one attached hydrogen (secondary N) is 1. The number of carbonyl (C=O) groups excluding carboxylic acids is 2. The Bertz CT molecular complexity index is 1010. The van der Waals surface area contributed by atoms with Crippen LogP contribution in [0.4, 0.5) is 11.4 Å². The summed E-state index contributed by atoms with van der Waals surface area (Å²) >= 11 is 12.3. The maximum absolute atomic E-state index is 12.8. The van der Waals surface area contributed by atoms with Crippen LogP contribution in [0.1, 0.15) is 6.92 Å². The summed E-state index contributed by atoms with van der Waals surface area (Å²) in [6.45, 7) is 1.22. The normalized spacial score (nSPS) is 11.7. The number of anilines is 1. The third kappa shape index (κ3) is 5.56. The first-order valence-electron chi connectivity index (χ1n) is 8.81. The molecule has 0 saturated carbocycles. The summed E-state index contributed by atoms with van der Waals surface area (Å²) in [6.07, 6.45) is 0. The van der Waals surface area contributed by atoms with E-state index in [0.29, 0.717) is 16.5 Å². The van der Waals surface area contributed by atoms with Crippen molar-refractivity contribution < 1.29 is 28.5 Å². The van der Waals surface area contributed by atoms with Crippen molar-refractivity contribution in [3.63, 3.8) is 0 Å². The minimum absolute atomic E-state index is 0.120. The molecule has 0 aliphatic heterocycles. The molecular weight excluding hydrogens is 449 g/mol. The van der Waals surface area contributed by atoms with E-state index < -0.39 is 17.7 Å². The number of ketones is 1. The van der Waals surface area contributed by atoms with Gasteiger partial charge in [0.15, 0.2) is 28.8 Å². The summed E-state index contributed by atoms with van der Waals surface area (Å²) < 4.78 is 20.8. The average molecular weight is 470 g/mol. The Hall–Kier alpha value is -3.04. The Labute approximate surface area is 189 Å². The second-order valence-corrected chi connectivity index (χ2v) is 6.86. The van der Waals surface area contributed by atoms with Crippen molar-refractivity contribution in [3.05, 3.63) is 34.3 Å². The molecule has 0 aliphatic rings. The zero-order valence-corrected chi connectivity index (χ0v) is 19.0. The topological polar surface area (TPSA) is 108 Å². The number of ether oxygens (including phenoxy) is 4. The van der Waals surface area contributed by atoms with Crippen molar-refractivity contribution in [2.75, 3.05) is 33.8 Å². The summed E-state index contributed by atoms with van der Waals surface area (Å²) in [6, 6.07) is 4.63. The number of hydrogen-bond donors (Lipinski definition) is 1. The molecule has 11 heteroatoms. The average Bonchev–Trinajstić information content (AvgIpc) is 2.73. The van der Waals surface area contributed by atoms with Crippen LogP contribution in [0.15, 0.2) is 34.5 Å². The maximum atomic E-state index is 12.8. The van der Waals surface area contributed by atoms with Gasteiger partial charge in [0.1, 0.15) is 10.7 Å². The summed E-state index contributed by atoms with van der Waals surface area (Å²) in [5.41, 5.74) is 0.405. The van der Waals surface area contributed by atoms with Crippen LogP contribution in [0.3, 0.4) is 0 Å². The van der Waals surface area contributed by atoms with Crippen molar-refractivity contribution in [2.24, 2.45) is 10.2 Å². The first-order valence-corrected chi connectivity index (χ1v) is 9.57. The molecule has 0 spiro atoms. The largest absolute Gasteiger partial charge is 0.493 e. The zero-order valence-electron chi connectivity index (χ0n) is 17.5. The van der Waals surface area contributed by atoms with Gasteiger partial charge in [-0.25, -0.2) is 0 Å². The van der Waals surface area contributed by atoms with Crippen LogP contribution in [0, 0.1) is 0 Å². The van der Waals surface area contributed by atoms with Crippen molar-refractivity contribution in [3.8, 4) is 23.0 Å². The van der Waals surface area contributed by atoms with Gasteiger partial charge in [-0.2, -0.15) is 10.2 Å². The Morgan fingerprint density at radius 1 is 0.935 bits per heavy atom. The molecule has 1 amide bonds. The van der Waals surface area contributed by atoms with Gasteiger partial charge < -0.3 is 24.3 Å². The van der Waals surface area contributed by atoms with E-state index in [4.69, 9.17) is 42.1 Å². The van der Waals surface area contributed by atoms with E-state index in [1.54, 1.807) is 6.07 Å². The van der Waals surface area contributed by atoms with Crippen LogP contribution in [-0.2, 0) is 9.59 Å². The molecule has 0 aliphatic carbocycles. The Morgan fingerprint density at radius 3 is 2.13 bits per heavy atom. The number of hydrogen-bond acceptors (Lipinski definition) is 8. The second kappa shape index (κ2) is 10.8. The van der Waals surface area contributed by atoms with Crippen LogP contribution in [0.25, 0.3) is 0 Å². The van der Waals surface area contributed by atoms with Crippen LogP contribution in [0.5, 0.6) is 23.0 Å². The van der Waals surface area contributed by atoms with Gasteiger partial charge in [0, 0.05) is 11.1 Å². The lowest BCUT2D eigenvalue weighted by Crippen LogP contribution is -2.32. The van der Waals surface area contributed by atoms with Gasteiger partial charge >= 0.3 is 0 Å². The van der Waals surface area contributed by atoms with Crippen molar-refractivity contribution >= 4 is 46.3 Å². The van der Waals surface area contributed by atoms with Gasteiger partial charge in [-0.3, -0.25) is 9.59 Å². The molecule has 9 nitrogen and oxygen atoms in total. The van der Waals surface area contributed by atoms with E-state index in [1.165, 1.54) is 53.6 Å². The van der Waals surface area contributed by atoms with Crippen LogP contribution in [-0.4, -0.2) is 46.2 Å². The number of nitrogens with zero attached hydrogens (tertiary/aromatic N) is 2. The number of methoxy groups -OCH3 is 4. The fraction of sp³-hybridized carbons (Fsp3) is 0.300. The number of azo groups is 1. The third-order valence-corrected chi connectivity index (χ3v) is 4.66. The molecule has 166 valence electrons. The fourth-order valence-corrected chi connectivity index (χ4v) is 3.10. The molecule has 1 N–H and O–H groups in total. The Morgan fingerprint density at radius 2 is 1.58 bits per heavy atom. The molecular formula is C20H21Cl2N3O6. The molecule has 2 aromatic carbocycles. The molecule has 0 aromatic heterocycles. The molecule has 1 unspecified atom stereocenters. The van der Waals surface area contributed by atoms with Gasteiger partial charge in [-0.05, 0) is 25.1 Å². The van der Waals surface area contributed by atoms with Crippen LogP contribution >= 0.6 is 23.2 Å². The maximum Gasteiger partial charge on any atom is 0.258 e. The van der Waals surface area contributed by atoms with E-state index in [1.807, 2.05) is 0 Å². The number of benzene rings is 2. The Balaban J connectivity index is 2.35. The quantitative estimate of drug-likeness (QED) is 0.420. The minimum Gasteiger partial charge on any atom is -0.493 e. The molecule has 0 radical (unpaired) electrons. The smallest absolute Gasteiger partial charge is 0.258 e. The molecule has 31 heavy (non-hydrogen) atoms. The molecule has 2 aromatic rings. The lowest BCUT2D eigenvalue weighted by atomic mass is 10.2. The number of halogens is 2. The number of rotatable bonds is 9. The van der Waals surface area contributed by atoms with Gasteiger partial charge in [0.2, 0.25) is 6.04 Å². The van der Waals surface area contributed by atoms with Gasteiger partial charge in [-0.15, -0.1) is 0 Å². The molecule has 0 saturated heterocycles. The highest BCUT2D eigenvalue weighted by molar-refractivity contribution is 6.34. The second-order valence-electron chi connectivity index (χ2n) is 6.04. The van der Waals surface area contributed by atoms with E-state index in [-0.39, 0.29) is 27.9 Å². The van der Waals surface area contributed by atoms with Gasteiger partial charge in [0.05, 0.1) is 34.1 Å². The summed E-state index contributed by atoms with van der Waals surface area (Å²) in [7, 11) is 5.72. The first-order chi connectivity index (χ1) is 14.8. The highest BCUT2D eigenvalue weighted by atomic mass is 35.5. The highest BCUT2D eigenvalue weighted by Crippen LogP contribution is 2.41. The van der Waals surface area contributed by atoms with E-state index >= 15 is 0 Å².